The number of rotatable bonds is 5. The summed E-state index contributed by atoms with van der Waals surface area (Å²) in [6.45, 7) is 3.80. The first-order valence-electron chi connectivity index (χ1n) is 8.98. The highest BCUT2D eigenvalue weighted by molar-refractivity contribution is 5.74. The Kier molecular flexibility index (Phi) is 5.71. The Morgan fingerprint density at radius 3 is 2.48 bits per heavy atom. The first kappa shape index (κ1) is 17.5. The lowest BCUT2D eigenvalue weighted by molar-refractivity contribution is 0.129. The van der Waals surface area contributed by atoms with E-state index in [1.54, 1.807) is 11.8 Å². The zero-order valence-electron chi connectivity index (χ0n) is 14.7. The highest BCUT2D eigenvalue weighted by atomic mass is 16.3. The third-order valence-electron chi connectivity index (χ3n) is 4.95. The zero-order valence-corrected chi connectivity index (χ0v) is 14.7. The molecule has 1 aliphatic heterocycles. The molecular formula is C21H26N2O2. The molecule has 0 bridgehead atoms. The van der Waals surface area contributed by atoms with Crippen molar-refractivity contribution < 1.29 is 9.90 Å². The first-order chi connectivity index (χ1) is 12.1. The summed E-state index contributed by atoms with van der Waals surface area (Å²) in [4.78, 5) is 14.0. The van der Waals surface area contributed by atoms with Crippen LogP contribution in [0.25, 0.3) is 11.1 Å². The Morgan fingerprint density at radius 1 is 1.16 bits per heavy atom. The summed E-state index contributed by atoms with van der Waals surface area (Å²) in [5, 5.41) is 12.6. The second-order valence-electron chi connectivity index (χ2n) is 6.78. The molecule has 2 aromatic carbocycles. The summed E-state index contributed by atoms with van der Waals surface area (Å²) in [6, 6.07) is 18.8. The van der Waals surface area contributed by atoms with Crippen LogP contribution in [0.3, 0.4) is 0 Å². The minimum Gasteiger partial charge on any atom is -0.393 e. The van der Waals surface area contributed by atoms with Crippen LogP contribution in [0.15, 0.2) is 54.6 Å². The van der Waals surface area contributed by atoms with Crippen LogP contribution in [-0.2, 0) is 6.42 Å². The van der Waals surface area contributed by atoms with Gasteiger partial charge in [0, 0.05) is 25.6 Å². The Labute approximate surface area is 149 Å². The van der Waals surface area contributed by atoms with Gasteiger partial charge in [0.2, 0.25) is 0 Å². The maximum atomic E-state index is 12.2. The molecule has 1 fully saturated rings. The van der Waals surface area contributed by atoms with E-state index in [-0.39, 0.29) is 18.1 Å². The van der Waals surface area contributed by atoms with Crippen molar-refractivity contribution in [1.29, 1.82) is 0 Å². The van der Waals surface area contributed by atoms with Crippen molar-refractivity contribution in [2.24, 2.45) is 5.92 Å². The Bertz CT molecular complexity index is 683. The number of carbonyl (C=O) groups excluding carboxylic acids is 1. The second kappa shape index (κ2) is 8.17. The molecule has 0 aromatic heterocycles. The van der Waals surface area contributed by atoms with Gasteiger partial charge < -0.3 is 15.3 Å². The van der Waals surface area contributed by atoms with E-state index in [4.69, 9.17) is 0 Å². The Balaban J connectivity index is 1.45. The number of likely N-dealkylation sites (tertiary alicyclic amines) is 1. The van der Waals surface area contributed by atoms with Crippen LogP contribution >= 0.6 is 0 Å². The quantitative estimate of drug-likeness (QED) is 0.879. The first-order valence-corrected chi connectivity index (χ1v) is 8.98. The SMILES string of the molecule is CC(O)C1CCN(C(=O)NCCc2ccc(-c3ccccc3)cc2)C1. The molecule has 2 atom stereocenters. The zero-order chi connectivity index (χ0) is 17.6. The minimum absolute atomic E-state index is 0.0240. The lowest BCUT2D eigenvalue weighted by Gasteiger charge is -2.18. The number of benzene rings is 2. The van der Waals surface area contributed by atoms with Crippen LogP contribution in [0.2, 0.25) is 0 Å². The number of nitrogens with zero attached hydrogens (tertiary/aromatic N) is 1. The van der Waals surface area contributed by atoms with Gasteiger partial charge in [0.15, 0.2) is 0 Å². The molecule has 0 saturated carbocycles. The van der Waals surface area contributed by atoms with Crippen molar-refractivity contribution >= 4 is 6.03 Å². The van der Waals surface area contributed by atoms with Gasteiger partial charge in [-0.25, -0.2) is 4.79 Å². The molecule has 4 heteroatoms. The normalized spacial score (nSPS) is 18.2. The van der Waals surface area contributed by atoms with Crippen LogP contribution in [0.5, 0.6) is 0 Å². The van der Waals surface area contributed by atoms with Gasteiger partial charge in [0.1, 0.15) is 0 Å². The predicted octanol–water partition coefficient (Wildman–Crippen LogP) is 3.31. The van der Waals surface area contributed by atoms with E-state index in [9.17, 15) is 9.90 Å². The molecule has 1 aliphatic rings. The van der Waals surface area contributed by atoms with E-state index in [0.29, 0.717) is 13.1 Å². The van der Waals surface area contributed by atoms with Gasteiger partial charge in [0.25, 0.3) is 0 Å². The number of hydrogen-bond donors (Lipinski definition) is 2. The van der Waals surface area contributed by atoms with E-state index < -0.39 is 0 Å². The average molecular weight is 338 g/mol. The van der Waals surface area contributed by atoms with E-state index >= 15 is 0 Å². The molecule has 2 N–H and O–H groups in total. The van der Waals surface area contributed by atoms with Gasteiger partial charge in [0.05, 0.1) is 6.10 Å². The lowest BCUT2D eigenvalue weighted by Crippen LogP contribution is -2.39. The van der Waals surface area contributed by atoms with Crippen LogP contribution in [0.1, 0.15) is 18.9 Å². The molecule has 1 saturated heterocycles. The number of nitrogens with one attached hydrogen (secondary N) is 1. The van der Waals surface area contributed by atoms with E-state index in [1.165, 1.54) is 16.7 Å². The standard InChI is InChI=1S/C21H26N2O2/c1-16(24)20-12-14-23(15-20)21(25)22-13-11-17-7-9-19(10-8-17)18-5-3-2-4-6-18/h2-10,16,20,24H,11-15H2,1H3,(H,22,25). The summed E-state index contributed by atoms with van der Waals surface area (Å²) in [7, 11) is 0. The third kappa shape index (κ3) is 4.60. The van der Waals surface area contributed by atoms with Crippen molar-refractivity contribution in [3.63, 3.8) is 0 Å². The molecule has 0 aliphatic carbocycles. The number of amides is 2. The van der Waals surface area contributed by atoms with Crippen molar-refractivity contribution in [3.8, 4) is 11.1 Å². The number of urea groups is 1. The molecule has 0 radical (unpaired) electrons. The molecule has 4 nitrogen and oxygen atoms in total. The molecular weight excluding hydrogens is 312 g/mol. The van der Waals surface area contributed by atoms with Crippen LogP contribution in [0, 0.1) is 5.92 Å². The molecule has 2 unspecified atom stereocenters. The molecule has 25 heavy (non-hydrogen) atoms. The molecule has 2 aromatic rings. The van der Waals surface area contributed by atoms with Crippen molar-refractivity contribution in [1.82, 2.24) is 10.2 Å². The van der Waals surface area contributed by atoms with E-state index in [0.717, 1.165) is 19.4 Å². The van der Waals surface area contributed by atoms with E-state index in [1.807, 2.05) is 18.2 Å². The van der Waals surface area contributed by atoms with Crippen LogP contribution in [0.4, 0.5) is 4.79 Å². The van der Waals surface area contributed by atoms with Crippen molar-refractivity contribution in [2.75, 3.05) is 19.6 Å². The predicted molar refractivity (Wildman–Crippen MR) is 100 cm³/mol. The Morgan fingerprint density at radius 2 is 1.84 bits per heavy atom. The molecule has 132 valence electrons. The van der Waals surface area contributed by atoms with E-state index in [2.05, 4.69) is 41.7 Å². The van der Waals surface area contributed by atoms with Crippen molar-refractivity contribution in [3.05, 3.63) is 60.2 Å². The summed E-state index contributed by atoms with van der Waals surface area (Å²) in [5.74, 6) is 0.205. The monoisotopic (exact) mass is 338 g/mol. The summed E-state index contributed by atoms with van der Waals surface area (Å²) < 4.78 is 0. The topological polar surface area (TPSA) is 52.6 Å². The van der Waals surface area contributed by atoms with Gasteiger partial charge >= 0.3 is 6.03 Å². The van der Waals surface area contributed by atoms with Gasteiger partial charge in [-0.1, -0.05) is 54.6 Å². The van der Waals surface area contributed by atoms with Gasteiger partial charge in [-0.15, -0.1) is 0 Å². The second-order valence-corrected chi connectivity index (χ2v) is 6.78. The van der Waals surface area contributed by atoms with Gasteiger partial charge in [-0.2, -0.15) is 0 Å². The van der Waals surface area contributed by atoms with Crippen LogP contribution in [-0.4, -0.2) is 41.8 Å². The summed E-state index contributed by atoms with van der Waals surface area (Å²) in [5.41, 5.74) is 3.63. The molecule has 0 spiro atoms. The highest BCUT2D eigenvalue weighted by Gasteiger charge is 2.28. The van der Waals surface area contributed by atoms with Crippen LogP contribution < -0.4 is 5.32 Å². The van der Waals surface area contributed by atoms with Crippen molar-refractivity contribution in [2.45, 2.75) is 25.9 Å². The number of carbonyl (C=O) groups is 1. The largest absolute Gasteiger partial charge is 0.393 e. The third-order valence-corrected chi connectivity index (χ3v) is 4.95. The number of aliphatic hydroxyl groups is 1. The fraction of sp³-hybridized carbons (Fsp3) is 0.381. The summed E-state index contributed by atoms with van der Waals surface area (Å²) in [6.07, 6.45) is 1.35. The highest BCUT2D eigenvalue weighted by Crippen LogP contribution is 2.20. The molecule has 3 rings (SSSR count). The molecule has 1 heterocycles. The lowest BCUT2D eigenvalue weighted by atomic mass is 10.0. The fourth-order valence-corrected chi connectivity index (χ4v) is 3.29. The summed E-state index contributed by atoms with van der Waals surface area (Å²) >= 11 is 0. The smallest absolute Gasteiger partial charge is 0.317 e. The maximum absolute atomic E-state index is 12.2. The number of hydrogen-bond acceptors (Lipinski definition) is 2. The van der Waals surface area contributed by atoms with Gasteiger partial charge in [-0.05, 0) is 36.5 Å². The Hall–Kier alpha value is -2.33. The fourth-order valence-electron chi connectivity index (χ4n) is 3.29. The average Bonchev–Trinajstić information content (AvgIpc) is 3.14. The maximum Gasteiger partial charge on any atom is 0.317 e. The minimum atomic E-state index is -0.346. The molecule has 2 amide bonds. The number of aliphatic hydroxyl groups excluding tert-OH is 1. The van der Waals surface area contributed by atoms with Gasteiger partial charge in [-0.3, -0.25) is 0 Å².